The molecule has 0 spiro atoms. The molecule has 0 aliphatic heterocycles. The van der Waals surface area contributed by atoms with E-state index >= 15 is 0 Å². The molecule has 84 valence electrons. The first-order valence-corrected chi connectivity index (χ1v) is 5.20. The van der Waals surface area contributed by atoms with E-state index in [4.69, 9.17) is 5.73 Å². The van der Waals surface area contributed by atoms with Gasteiger partial charge in [-0.2, -0.15) is 5.10 Å². The molecule has 0 saturated carbocycles. The lowest BCUT2D eigenvalue weighted by Gasteiger charge is -2.01. The van der Waals surface area contributed by atoms with Crippen molar-refractivity contribution in [2.24, 2.45) is 5.73 Å². The SMILES string of the molecule is NCCNC(=O)Cc1[nH]nc2ccccc12. The zero-order chi connectivity index (χ0) is 11.4. The number of benzene rings is 1. The number of carbonyl (C=O) groups is 1. The Balaban J connectivity index is 2.12. The van der Waals surface area contributed by atoms with Crippen LogP contribution < -0.4 is 11.1 Å². The van der Waals surface area contributed by atoms with Crippen molar-refractivity contribution in [1.82, 2.24) is 15.5 Å². The molecule has 16 heavy (non-hydrogen) atoms. The summed E-state index contributed by atoms with van der Waals surface area (Å²) in [5.41, 5.74) is 7.02. The number of nitrogens with two attached hydrogens (primary N) is 1. The van der Waals surface area contributed by atoms with Crippen molar-refractivity contribution in [2.45, 2.75) is 6.42 Å². The van der Waals surface area contributed by atoms with Crippen molar-refractivity contribution in [3.63, 3.8) is 0 Å². The second kappa shape index (κ2) is 4.76. The Labute approximate surface area is 93.0 Å². The number of aromatic nitrogens is 2. The van der Waals surface area contributed by atoms with Crippen LogP contribution in [0.3, 0.4) is 0 Å². The van der Waals surface area contributed by atoms with Gasteiger partial charge in [-0.25, -0.2) is 0 Å². The maximum atomic E-state index is 11.5. The van der Waals surface area contributed by atoms with E-state index in [1.54, 1.807) is 0 Å². The molecule has 1 aromatic carbocycles. The van der Waals surface area contributed by atoms with Crippen molar-refractivity contribution >= 4 is 16.8 Å². The van der Waals surface area contributed by atoms with Crippen LogP contribution in [0.2, 0.25) is 0 Å². The number of H-pyrrole nitrogens is 1. The van der Waals surface area contributed by atoms with Crippen molar-refractivity contribution < 1.29 is 4.79 Å². The highest BCUT2D eigenvalue weighted by Crippen LogP contribution is 2.15. The maximum Gasteiger partial charge on any atom is 0.226 e. The van der Waals surface area contributed by atoms with E-state index < -0.39 is 0 Å². The van der Waals surface area contributed by atoms with Crippen molar-refractivity contribution in [1.29, 1.82) is 0 Å². The summed E-state index contributed by atoms with van der Waals surface area (Å²) in [6.45, 7) is 0.959. The summed E-state index contributed by atoms with van der Waals surface area (Å²) < 4.78 is 0. The van der Waals surface area contributed by atoms with Gasteiger partial charge in [-0.1, -0.05) is 18.2 Å². The van der Waals surface area contributed by atoms with Gasteiger partial charge in [0, 0.05) is 18.5 Å². The summed E-state index contributed by atoms with van der Waals surface area (Å²) in [4.78, 5) is 11.5. The fourth-order valence-corrected chi connectivity index (χ4v) is 1.58. The predicted molar refractivity (Wildman–Crippen MR) is 61.9 cm³/mol. The highest BCUT2D eigenvalue weighted by atomic mass is 16.1. The number of fused-ring (bicyclic) bond motifs is 1. The van der Waals surface area contributed by atoms with Crippen LogP contribution in [-0.4, -0.2) is 29.2 Å². The van der Waals surface area contributed by atoms with Gasteiger partial charge in [-0.15, -0.1) is 0 Å². The molecular weight excluding hydrogens is 204 g/mol. The lowest BCUT2D eigenvalue weighted by molar-refractivity contribution is -0.120. The molecule has 2 aromatic rings. The maximum absolute atomic E-state index is 11.5. The van der Waals surface area contributed by atoms with E-state index in [9.17, 15) is 4.79 Å². The van der Waals surface area contributed by atoms with Gasteiger partial charge in [0.15, 0.2) is 0 Å². The fourth-order valence-electron chi connectivity index (χ4n) is 1.58. The van der Waals surface area contributed by atoms with Crippen LogP contribution >= 0.6 is 0 Å². The van der Waals surface area contributed by atoms with Crippen molar-refractivity contribution in [2.75, 3.05) is 13.1 Å². The summed E-state index contributed by atoms with van der Waals surface area (Å²) >= 11 is 0. The number of para-hydroxylation sites is 1. The van der Waals surface area contributed by atoms with Gasteiger partial charge in [0.1, 0.15) is 0 Å². The average Bonchev–Trinajstić information content (AvgIpc) is 2.70. The molecule has 1 heterocycles. The lowest BCUT2D eigenvalue weighted by Crippen LogP contribution is -2.30. The second-order valence-corrected chi connectivity index (χ2v) is 3.53. The van der Waals surface area contributed by atoms with E-state index in [0.29, 0.717) is 19.5 Å². The van der Waals surface area contributed by atoms with Crippen molar-refractivity contribution in [3.05, 3.63) is 30.0 Å². The summed E-state index contributed by atoms with van der Waals surface area (Å²) in [5.74, 6) is -0.0418. The van der Waals surface area contributed by atoms with Gasteiger partial charge in [0.2, 0.25) is 5.91 Å². The number of nitrogens with zero attached hydrogens (tertiary/aromatic N) is 1. The molecule has 0 saturated heterocycles. The second-order valence-electron chi connectivity index (χ2n) is 3.53. The Morgan fingerprint density at radius 3 is 3.06 bits per heavy atom. The molecule has 5 nitrogen and oxygen atoms in total. The molecule has 1 amide bonds. The van der Waals surface area contributed by atoms with Crippen LogP contribution in [0.1, 0.15) is 5.69 Å². The predicted octanol–water partition coefficient (Wildman–Crippen LogP) is 0.180. The molecule has 2 rings (SSSR count). The molecule has 0 aliphatic rings. The summed E-state index contributed by atoms with van der Waals surface area (Å²) in [6, 6.07) is 7.71. The van der Waals surface area contributed by atoms with E-state index in [1.165, 1.54) is 0 Å². The third-order valence-electron chi connectivity index (χ3n) is 2.34. The zero-order valence-corrected chi connectivity index (χ0v) is 8.86. The summed E-state index contributed by atoms with van der Waals surface area (Å²) in [6.07, 6.45) is 0.306. The van der Waals surface area contributed by atoms with Crippen LogP contribution in [0.4, 0.5) is 0 Å². The highest BCUT2D eigenvalue weighted by Gasteiger charge is 2.08. The monoisotopic (exact) mass is 218 g/mol. The molecule has 5 heteroatoms. The van der Waals surface area contributed by atoms with Crippen LogP contribution in [-0.2, 0) is 11.2 Å². The van der Waals surface area contributed by atoms with E-state index in [0.717, 1.165) is 16.6 Å². The molecule has 0 radical (unpaired) electrons. The fraction of sp³-hybridized carbons (Fsp3) is 0.273. The number of nitrogens with one attached hydrogen (secondary N) is 2. The van der Waals surface area contributed by atoms with E-state index in [1.807, 2.05) is 24.3 Å². The van der Waals surface area contributed by atoms with Crippen LogP contribution in [0.5, 0.6) is 0 Å². The average molecular weight is 218 g/mol. The Kier molecular flexibility index (Phi) is 3.16. The number of rotatable bonds is 4. The number of hydrogen-bond donors (Lipinski definition) is 3. The standard InChI is InChI=1S/C11H14N4O/c12-5-6-13-11(16)7-10-8-3-1-2-4-9(8)14-15-10/h1-4H,5-7,12H2,(H,13,16)(H,14,15). The summed E-state index contributed by atoms with van der Waals surface area (Å²) in [5, 5.41) is 10.7. The smallest absolute Gasteiger partial charge is 0.226 e. The first kappa shape index (κ1) is 10.6. The van der Waals surface area contributed by atoms with Gasteiger partial charge in [-0.05, 0) is 6.07 Å². The van der Waals surface area contributed by atoms with Crippen LogP contribution in [0.15, 0.2) is 24.3 Å². The topological polar surface area (TPSA) is 83.8 Å². The van der Waals surface area contributed by atoms with Gasteiger partial charge in [-0.3, -0.25) is 9.89 Å². The molecule has 4 N–H and O–H groups in total. The highest BCUT2D eigenvalue weighted by molar-refractivity contribution is 5.87. The minimum atomic E-state index is -0.0418. The summed E-state index contributed by atoms with van der Waals surface area (Å²) in [7, 11) is 0. The minimum Gasteiger partial charge on any atom is -0.354 e. The quantitative estimate of drug-likeness (QED) is 0.684. The molecule has 1 aromatic heterocycles. The Morgan fingerprint density at radius 1 is 1.44 bits per heavy atom. The van der Waals surface area contributed by atoms with Gasteiger partial charge < -0.3 is 11.1 Å². The molecule has 0 fully saturated rings. The Hall–Kier alpha value is -1.88. The number of carbonyl (C=O) groups excluding carboxylic acids is 1. The molecule has 0 aliphatic carbocycles. The van der Waals surface area contributed by atoms with Crippen LogP contribution in [0, 0.1) is 0 Å². The molecular formula is C11H14N4O. The molecule has 0 unspecified atom stereocenters. The van der Waals surface area contributed by atoms with Gasteiger partial charge >= 0.3 is 0 Å². The largest absolute Gasteiger partial charge is 0.354 e. The number of amides is 1. The Bertz CT molecular complexity index is 491. The molecule has 0 bridgehead atoms. The van der Waals surface area contributed by atoms with Gasteiger partial charge in [0.25, 0.3) is 0 Å². The van der Waals surface area contributed by atoms with E-state index in [2.05, 4.69) is 15.5 Å². The third kappa shape index (κ3) is 2.20. The molecule has 0 atom stereocenters. The van der Waals surface area contributed by atoms with E-state index in [-0.39, 0.29) is 5.91 Å². The minimum absolute atomic E-state index is 0.0418. The van der Waals surface area contributed by atoms with Crippen LogP contribution in [0.25, 0.3) is 10.9 Å². The number of aromatic amines is 1. The van der Waals surface area contributed by atoms with Crippen molar-refractivity contribution in [3.8, 4) is 0 Å². The third-order valence-corrected chi connectivity index (χ3v) is 2.34. The Morgan fingerprint density at radius 2 is 2.25 bits per heavy atom. The first-order valence-electron chi connectivity index (χ1n) is 5.20. The first-order chi connectivity index (χ1) is 7.81. The zero-order valence-electron chi connectivity index (χ0n) is 8.86. The number of hydrogen-bond acceptors (Lipinski definition) is 3. The normalized spacial score (nSPS) is 10.6. The lowest BCUT2D eigenvalue weighted by atomic mass is 10.1. The van der Waals surface area contributed by atoms with Gasteiger partial charge in [0.05, 0.1) is 17.6 Å².